The summed E-state index contributed by atoms with van der Waals surface area (Å²) >= 11 is 0. The summed E-state index contributed by atoms with van der Waals surface area (Å²) in [5.74, 6) is -2.46. The summed E-state index contributed by atoms with van der Waals surface area (Å²) in [5.41, 5.74) is -1.36. The van der Waals surface area contributed by atoms with Crippen LogP contribution in [-0.2, 0) is 22.3 Å². The molecule has 0 aliphatic heterocycles. The third-order valence-corrected chi connectivity index (χ3v) is 2.90. The van der Waals surface area contributed by atoms with Crippen LogP contribution in [0.1, 0.15) is 36.8 Å². The molecule has 0 aliphatic carbocycles. The number of carbonyl (C=O) groups excluding carboxylic acids is 1. The monoisotopic (exact) mass is 321 g/mol. The van der Waals surface area contributed by atoms with E-state index in [1.54, 1.807) is 0 Å². The molecule has 8 heteroatoms. The van der Waals surface area contributed by atoms with E-state index in [0.717, 1.165) is 12.1 Å². The summed E-state index contributed by atoms with van der Waals surface area (Å²) in [6.07, 6.45) is -4.11. The maximum Gasteiger partial charge on any atom is 0.416 e. The normalized spacial score (nSPS) is 11.3. The van der Waals surface area contributed by atoms with Crippen molar-refractivity contribution in [1.29, 1.82) is 0 Å². The van der Waals surface area contributed by atoms with Gasteiger partial charge in [-0.3, -0.25) is 9.59 Å². The number of carboxylic acids is 1. The topological polar surface area (TPSA) is 66.4 Å². The number of benzene rings is 1. The van der Waals surface area contributed by atoms with Gasteiger partial charge in [0.1, 0.15) is 5.82 Å². The van der Waals surface area contributed by atoms with E-state index in [1.807, 2.05) is 0 Å². The van der Waals surface area contributed by atoms with Crippen LogP contribution in [0.3, 0.4) is 0 Å². The summed E-state index contributed by atoms with van der Waals surface area (Å²) < 4.78 is 51.1. The molecule has 1 aromatic carbocycles. The van der Waals surface area contributed by atoms with Gasteiger partial charge in [-0.1, -0.05) is 6.07 Å². The van der Waals surface area contributed by atoms with Crippen molar-refractivity contribution in [3.8, 4) is 0 Å². The van der Waals surface area contributed by atoms with Crippen LogP contribution in [0.4, 0.5) is 17.6 Å². The molecular formula is C14H15F4NO3. The van der Waals surface area contributed by atoms with Gasteiger partial charge in [-0.25, -0.2) is 4.39 Å². The number of hydrogen-bond acceptors (Lipinski definition) is 2. The Morgan fingerprint density at radius 2 is 1.77 bits per heavy atom. The van der Waals surface area contributed by atoms with Crippen molar-refractivity contribution >= 4 is 11.9 Å². The second-order valence-corrected chi connectivity index (χ2v) is 4.68. The first-order valence-corrected chi connectivity index (χ1v) is 6.54. The minimum Gasteiger partial charge on any atom is -0.481 e. The van der Waals surface area contributed by atoms with Gasteiger partial charge in [-0.15, -0.1) is 0 Å². The van der Waals surface area contributed by atoms with Crippen molar-refractivity contribution in [3.63, 3.8) is 0 Å². The number of rotatable bonds is 7. The number of nitrogens with one attached hydrogen (secondary N) is 1. The van der Waals surface area contributed by atoms with Crippen LogP contribution in [0.5, 0.6) is 0 Å². The average molecular weight is 321 g/mol. The molecule has 22 heavy (non-hydrogen) atoms. The van der Waals surface area contributed by atoms with Gasteiger partial charge in [0.15, 0.2) is 0 Å². The zero-order valence-electron chi connectivity index (χ0n) is 11.5. The number of alkyl halides is 3. The highest BCUT2D eigenvalue weighted by Gasteiger charge is 2.33. The van der Waals surface area contributed by atoms with E-state index in [-0.39, 0.29) is 24.9 Å². The van der Waals surface area contributed by atoms with E-state index >= 15 is 0 Å². The largest absolute Gasteiger partial charge is 0.481 e. The van der Waals surface area contributed by atoms with Crippen molar-refractivity contribution in [2.24, 2.45) is 0 Å². The molecule has 0 saturated carbocycles. The fourth-order valence-electron chi connectivity index (χ4n) is 1.81. The lowest BCUT2D eigenvalue weighted by Gasteiger charge is -2.13. The Hall–Kier alpha value is -2.12. The van der Waals surface area contributed by atoms with E-state index < -0.39 is 29.4 Å². The second kappa shape index (κ2) is 7.77. The molecule has 0 saturated heterocycles. The highest BCUT2D eigenvalue weighted by Crippen LogP contribution is 2.32. The number of amides is 1. The van der Waals surface area contributed by atoms with E-state index in [1.165, 1.54) is 0 Å². The highest BCUT2D eigenvalue weighted by molar-refractivity contribution is 5.76. The van der Waals surface area contributed by atoms with Crippen LogP contribution < -0.4 is 5.32 Å². The molecule has 0 spiro atoms. The number of carbonyl (C=O) groups is 2. The molecule has 0 atom stereocenters. The minimum atomic E-state index is -4.70. The predicted molar refractivity (Wildman–Crippen MR) is 69.4 cm³/mol. The summed E-state index contributed by atoms with van der Waals surface area (Å²) in [7, 11) is 0. The summed E-state index contributed by atoms with van der Waals surface area (Å²) in [5, 5.41) is 10.7. The third-order valence-electron chi connectivity index (χ3n) is 2.90. The fraction of sp³-hybridized carbons (Fsp3) is 0.429. The average Bonchev–Trinajstić information content (AvgIpc) is 2.41. The summed E-state index contributed by atoms with van der Waals surface area (Å²) in [6, 6.07) is 2.25. The first kappa shape index (κ1) is 17.9. The standard InChI is InChI=1S/C14H15F4NO3/c15-10-6-5-9(11(7-10)14(16,17)18)8-19-12(20)3-1-2-4-13(21)22/h5-7H,1-4,8H2,(H,19,20)(H,21,22). The lowest BCUT2D eigenvalue weighted by atomic mass is 10.1. The summed E-state index contributed by atoms with van der Waals surface area (Å²) in [4.78, 5) is 21.8. The van der Waals surface area contributed by atoms with Crippen molar-refractivity contribution in [1.82, 2.24) is 5.32 Å². The van der Waals surface area contributed by atoms with Gasteiger partial charge in [0.05, 0.1) is 5.56 Å². The smallest absolute Gasteiger partial charge is 0.416 e. The maximum absolute atomic E-state index is 12.9. The van der Waals surface area contributed by atoms with Crippen molar-refractivity contribution in [2.75, 3.05) is 0 Å². The fourth-order valence-corrected chi connectivity index (χ4v) is 1.81. The number of carboxylic acid groups (broad SMARTS) is 1. The number of halogens is 4. The van der Waals surface area contributed by atoms with Crippen LogP contribution in [0.2, 0.25) is 0 Å². The zero-order valence-corrected chi connectivity index (χ0v) is 11.5. The van der Waals surface area contributed by atoms with Crippen LogP contribution in [0, 0.1) is 5.82 Å². The van der Waals surface area contributed by atoms with Gasteiger partial charge in [-0.05, 0) is 30.5 Å². The molecular weight excluding hydrogens is 306 g/mol. The van der Waals surface area contributed by atoms with Crippen molar-refractivity contribution in [2.45, 2.75) is 38.4 Å². The van der Waals surface area contributed by atoms with E-state index in [0.29, 0.717) is 18.9 Å². The molecule has 0 bridgehead atoms. The Bertz CT molecular complexity index is 543. The van der Waals surface area contributed by atoms with Gasteiger partial charge in [0.25, 0.3) is 0 Å². The third kappa shape index (κ3) is 6.11. The molecule has 1 aromatic rings. The van der Waals surface area contributed by atoms with Crippen LogP contribution >= 0.6 is 0 Å². The molecule has 0 radical (unpaired) electrons. The Morgan fingerprint density at radius 1 is 1.14 bits per heavy atom. The minimum absolute atomic E-state index is 0.0236. The Labute approximate surface area is 124 Å². The van der Waals surface area contributed by atoms with Gasteiger partial charge >= 0.3 is 12.1 Å². The molecule has 2 N–H and O–H groups in total. The molecule has 1 rings (SSSR count). The number of hydrogen-bond donors (Lipinski definition) is 2. The van der Waals surface area contributed by atoms with Crippen LogP contribution in [0.25, 0.3) is 0 Å². The molecule has 0 unspecified atom stereocenters. The first-order valence-electron chi connectivity index (χ1n) is 6.54. The molecule has 0 aliphatic rings. The van der Waals surface area contributed by atoms with Crippen molar-refractivity contribution in [3.05, 3.63) is 35.1 Å². The van der Waals surface area contributed by atoms with Crippen LogP contribution in [0.15, 0.2) is 18.2 Å². The Balaban J connectivity index is 2.54. The molecule has 0 heterocycles. The molecule has 0 fully saturated rings. The lowest BCUT2D eigenvalue weighted by Crippen LogP contribution is -2.24. The predicted octanol–water partition coefficient (Wildman–Crippen LogP) is 3.11. The van der Waals surface area contributed by atoms with E-state index in [4.69, 9.17) is 5.11 Å². The Kier molecular flexibility index (Phi) is 6.33. The van der Waals surface area contributed by atoms with Gasteiger partial charge < -0.3 is 10.4 Å². The maximum atomic E-state index is 12.9. The van der Waals surface area contributed by atoms with E-state index in [9.17, 15) is 27.2 Å². The van der Waals surface area contributed by atoms with Gasteiger partial charge in [-0.2, -0.15) is 13.2 Å². The molecule has 4 nitrogen and oxygen atoms in total. The van der Waals surface area contributed by atoms with Gasteiger partial charge in [0, 0.05) is 19.4 Å². The zero-order chi connectivity index (χ0) is 16.8. The lowest BCUT2D eigenvalue weighted by molar-refractivity contribution is -0.139. The number of unbranched alkanes of at least 4 members (excludes halogenated alkanes) is 1. The van der Waals surface area contributed by atoms with Crippen LogP contribution in [-0.4, -0.2) is 17.0 Å². The van der Waals surface area contributed by atoms with Gasteiger partial charge in [0.2, 0.25) is 5.91 Å². The summed E-state index contributed by atoms with van der Waals surface area (Å²) in [6.45, 7) is -0.368. The molecule has 0 aromatic heterocycles. The van der Waals surface area contributed by atoms with Crippen molar-refractivity contribution < 1.29 is 32.3 Å². The quantitative estimate of drug-likeness (QED) is 0.599. The first-order chi connectivity index (χ1) is 10.2. The molecule has 1 amide bonds. The number of aliphatic carboxylic acids is 1. The van der Waals surface area contributed by atoms with E-state index in [2.05, 4.69) is 5.32 Å². The highest BCUT2D eigenvalue weighted by atomic mass is 19.4. The SMILES string of the molecule is O=C(O)CCCCC(=O)NCc1ccc(F)cc1C(F)(F)F. The Morgan fingerprint density at radius 3 is 2.36 bits per heavy atom. The second-order valence-electron chi connectivity index (χ2n) is 4.68. The molecule has 122 valence electrons.